The molecule has 0 aliphatic carbocycles. The summed E-state index contributed by atoms with van der Waals surface area (Å²) >= 11 is 11.5. The van der Waals surface area contributed by atoms with Gasteiger partial charge in [-0.15, -0.1) is 0 Å². The van der Waals surface area contributed by atoms with Crippen LogP contribution in [0.2, 0.25) is 10.4 Å². The number of nitrogens with one attached hydrogen (secondary N) is 2. The van der Waals surface area contributed by atoms with E-state index < -0.39 is 0 Å². The molecule has 108 valence electrons. The molecule has 2 atom stereocenters. The number of anilines is 1. The number of nitrogens with zero attached hydrogens (tertiary/aromatic N) is 2. The first-order valence-corrected chi connectivity index (χ1v) is 7.60. The number of amides is 1. The number of rotatable bonds is 3. The quantitative estimate of drug-likeness (QED) is 0.665. The van der Waals surface area contributed by atoms with E-state index in [2.05, 4.69) is 20.6 Å². The van der Waals surface area contributed by atoms with Gasteiger partial charge >= 0.3 is 0 Å². The smallest absolute Gasteiger partial charge is 0.225 e. The molecule has 7 heteroatoms. The van der Waals surface area contributed by atoms with Crippen molar-refractivity contribution >= 4 is 34.9 Å². The van der Waals surface area contributed by atoms with Crippen LogP contribution in [0.25, 0.3) is 0 Å². The summed E-state index contributed by atoms with van der Waals surface area (Å²) in [5, 5.41) is 6.57. The lowest BCUT2D eigenvalue weighted by molar-refractivity contribution is -0.117. The molecule has 2 aliphatic rings. The minimum absolute atomic E-state index is 0.0349. The van der Waals surface area contributed by atoms with E-state index in [9.17, 15) is 4.79 Å². The maximum absolute atomic E-state index is 12.1. The van der Waals surface area contributed by atoms with Crippen LogP contribution < -0.4 is 10.6 Å². The third-order valence-electron chi connectivity index (χ3n) is 3.98. The van der Waals surface area contributed by atoms with E-state index in [1.165, 1.54) is 18.9 Å². The van der Waals surface area contributed by atoms with E-state index in [1.807, 2.05) is 0 Å². The Bertz CT molecular complexity index is 493. The highest BCUT2D eigenvalue weighted by atomic mass is 35.5. The summed E-state index contributed by atoms with van der Waals surface area (Å²) in [6, 6.07) is 2.68. The molecule has 1 aromatic heterocycles. The summed E-state index contributed by atoms with van der Waals surface area (Å²) in [6.45, 7) is 0. The van der Waals surface area contributed by atoms with Crippen molar-refractivity contribution in [2.45, 2.75) is 44.2 Å². The zero-order valence-electron chi connectivity index (χ0n) is 10.9. The summed E-state index contributed by atoms with van der Waals surface area (Å²) in [5.74, 6) is 0.764. The Morgan fingerprint density at radius 1 is 1.30 bits per heavy atom. The predicted molar refractivity (Wildman–Crippen MR) is 78.0 cm³/mol. The first-order valence-electron chi connectivity index (χ1n) is 6.84. The number of aromatic nitrogens is 2. The molecule has 2 aliphatic heterocycles. The molecule has 2 fully saturated rings. The van der Waals surface area contributed by atoms with E-state index in [1.54, 1.807) is 0 Å². The van der Waals surface area contributed by atoms with Gasteiger partial charge in [0, 0.05) is 24.6 Å². The SMILES string of the molecule is O=C(CC1CC2CCC(C1)N2)Nc1cc(Cl)nc(Cl)n1. The van der Waals surface area contributed by atoms with Gasteiger partial charge in [-0.3, -0.25) is 4.79 Å². The average molecular weight is 315 g/mol. The van der Waals surface area contributed by atoms with E-state index >= 15 is 0 Å². The number of fused-ring (bicyclic) bond motifs is 2. The van der Waals surface area contributed by atoms with Gasteiger partial charge in [0.05, 0.1) is 0 Å². The molecule has 0 saturated carbocycles. The maximum Gasteiger partial charge on any atom is 0.225 e. The molecule has 0 radical (unpaired) electrons. The molecule has 0 aromatic carbocycles. The number of piperidine rings is 1. The fourth-order valence-corrected chi connectivity index (χ4v) is 3.66. The van der Waals surface area contributed by atoms with E-state index in [-0.39, 0.29) is 16.3 Å². The fraction of sp³-hybridized carbons (Fsp3) is 0.615. The number of carbonyl (C=O) groups is 1. The van der Waals surface area contributed by atoms with Crippen LogP contribution in [0.5, 0.6) is 0 Å². The van der Waals surface area contributed by atoms with E-state index in [0.717, 1.165) is 12.8 Å². The first kappa shape index (κ1) is 14.0. The fourth-order valence-electron chi connectivity index (χ4n) is 3.25. The second-order valence-electron chi connectivity index (χ2n) is 5.57. The number of carbonyl (C=O) groups excluding carboxylic acids is 1. The summed E-state index contributed by atoms with van der Waals surface area (Å²) < 4.78 is 0. The van der Waals surface area contributed by atoms with Crippen molar-refractivity contribution in [3.05, 3.63) is 16.5 Å². The van der Waals surface area contributed by atoms with Crippen LogP contribution in [0.15, 0.2) is 6.07 Å². The van der Waals surface area contributed by atoms with Gasteiger partial charge in [0.15, 0.2) is 0 Å². The molecule has 2 bridgehead atoms. The molecule has 2 saturated heterocycles. The molecular formula is C13H16Cl2N4O. The van der Waals surface area contributed by atoms with Crippen molar-refractivity contribution in [3.8, 4) is 0 Å². The topological polar surface area (TPSA) is 66.9 Å². The second-order valence-corrected chi connectivity index (χ2v) is 6.30. The monoisotopic (exact) mass is 314 g/mol. The Hall–Kier alpha value is -0.910. The lowest BCUT2D eigenvalue weighted by atomic mass is 9.89. The molecule has 1 aromatic rings. The molecule has 1 amide bonds. The average Bonchev–Trinajstić information content (AvgIpc) is 2.67. The molecular weight excluding hydrogens is 299 g/mol. The van der Waals surface area contributed by atoms with E-state index in [4.69, 9.17) is 23.2 Å². The highest BCUT2D eigenvalue weighted by Gasteiger charge is 2.34. The van der Waals surface area contributed by atoms with Crippen molar-refractivity contribution < 1.29 is 4.79 Å². The van der Waals surface area contributed by atoms with Crippen LogP contribution in [0.1, 0.15) is 32.1 Å². The Morgan fingerprint density at radius 2 is 2.00 bits per heavy atom. The van der Waals surface area contributed by atoms with Crippen molar-refractivity contribution in [3.63, 3.8) is 0 Å². The van der Waals surface area contributed by atoms with Gasteiger partial charge in [-0.1, -0.05) is 11.6 Å². The number of hydrogen-bond donors (Lipinski definition) is 2. The summed E-state index contributed by atoms with van der Waals surface area (Å²) in [7, 11) is 0. The number of hydrogen-bond acceptors (Lipinski definition) is 4. The standard InChI is InChI=1S/C13H16Cl2N4O/c14-10-6-11(19-13(15)17-10)18-12(20)5-7-3-8-1-2-9(4-7)16-8/h6-9,16H,1-5H2,(H,17,18,19,20). The van der Waals surface area contributed by atoms with Crippen LogP contribution in [0.3, 0.4) is 0 Å². The third kappa shape index (κ3) is 3.40. The lowest BCUT2D eigenvalue weighted by Gasteiger charge is -2.28. The Balaban J connectivity index is 1.57. The Kier molecular flexibility index (Phi) is 4.10. The molecule has 2 N–H and O–H groups in total. The minimum Gasteiger partial charge on any atom is -0.311 e. The summed E-state index contributed by atoms with van der Waals surface area (Å²) in [5.41, 5.74) is 0. The maximum atomic E-state index is 12.1. The zero-order chi connectivity index (χ0) is 14.1. The molecule has 5 nitrogen and oxygen atoms in total. The summed E-state index contributed by atoms with van der Waals surface area (Å²) in [4.78, 5) is 19.7. The Labute approximate surface area is 127 Å². The Morgan fingerprint density at radius 3 is 2.65 bits per heavy atom. The highest BCUT2D eigenvalue weighted by Crippen LogP contribution is 2.32. The normalized spacial score (nSPS) is 28.4. The summed E-state index contributed by atoms with van der Waals surface area (Å²) in [6.07, 6.45) is 5.15. The van der Waals surface area contributed by atoms with Gasteiger partial charge in [0.25, 0.3) is 0 Å². The van der Waals surface area contributed by atoms with Gasteiger partial charge in [-0.2, -0.15) is 0 Å². The van der Waals surface area contributed by atoms with E-state index in [0.29, 0.717) is 30.2 Å². The van der Waals surface area contributed by atoms with Gasteiger partial charge < -0.3 is 10.6 Å². The molecule has 2 unspecified atom stereocenters. The van der Waals surface area contributed by atoms with Gasteiger partial charge in [0.1, 0.15) is 11.0 Å². The third-order valence-corrected chi connectivity index (χ3v) is 4.34. The van der Waals surface area contributed by atoms with Crippen molar-refractivity contribution in [2.75, 3.05) is 5.32 Å². The van der Waals surface area contributed by atoms with Crippen molar-refractivity contribution in [2.24, 2.45) is 5.92 Å². The second kappa shape index (κ2) is 5.84. The van der Waals surface area contributed by atoms with Gasteiger partial charge in [0.2, 0.25) is 11.2 Å². The molecule has 3 heterocycles. The largest absolute Gasteiger partial charge is 0.311 e. The van der Waals surface area contributed by atoms with Crippen molar-refractivity contribution in [1.82, 2.24) is 15.3 Å². The molecule has 0 spiro atoms. The van der Waals surface area contributed by atoms with Crippen LogP contribution in [0, 0.1) is 5.92 Å². The van der Waals surface area contributed by atoms with Crippen LogP contribution in [-0.2, 0) is 4.79 Å². The van der Waals surface area contributed by atoms with Crippen molar-refractivity contribution in [1.29, 1.82) is 0 Å². The molecule has 20 heavy (non-hydrogen) atoms. The minimum atomic E-state index is -0.0397. The van der Waals surface area contributed by atoms with Gasteiger partial charge in [-0.05, 0) is 43.2 Å². The number of halogens is 2. The van der Waals surface area contributed by atoms with Crippen LogP contribution in [0.4, 0.5) is 5.82 Å². The molecule has 3 rings (SSSR count). The first-order chi connectivity index (χ1) is 9.58. The highest BCUT2D eigenvalue weighted by molar-refractivity contribution is 6.32. The van der Waals surface area contributed by atoms with Gasteiger partial charge in [-0.25, -0.2) is 9.97 Å². The predicted octanol–water partition coefficient (Wildman–Crippen LogP) is 2.64. The lowest BCUT2D eigenvalue weighted by Crippen LogP contribution is -2.39. The van der Waals surface area contributed by atoms with Crippen LogP contribution >= 0.6 is 23.2 Å². The zero-order valence-corrected chi connectivity index (χ0v) is 12.4. The van der Waals surface area contributed by atoms with Crippen LogP contribution in [-0.4, -0.2) is 28.0 Å².